The predicted molar refractivity (Wildman–Crippen MR) is 62.2 cm³/mol. The van der Waals surface area contributed by atoms with Gasteiger partial charge in [0.05, 0.1) is 0 Å². The molecule has 2 rings (SSSR count). The highest BCUT2D eigenvalue weighted by Crippen LogP contribution is 2.25. The van der Waals surface area contributed by atoms with Gasteiger partial charge in [-0.3, -0.25) is 0 Å². The first-order valence-electron chi connectivity index (χ1n) is 5.65. The molecular formula is C10H17N3O3S. The Morgan fingerprint density at radius 3 is 2.82 bits per heavy atom. The standard InChI is InChI=1S/C10H17N3O3S/c1-7(17(2,15)16)10-12-11-9-4-3-8(6-14)5-13(9)10/h7-8,14H,3-6H2,1-2H3. The second-order valence-corrected chi connectivity index (χ2v) is 7.01. The third-order valence-corrected chi connectivity index (χ3v) is 4.83. The summed E-state index contributed by atoms with van der Waals surface area (Å²) in [4.78, 5) is 0. The van der Waals surface area contributed by atoms with Crippen LogP contribution in [0.4, 0.5) is 0 Å². The number of aliphatic hydroxyl groups is 1. The molecule has 6 nitrogen and oxygen atoms in total. The van der Waals surface area contributed by atoms with E-state index in [0.717, 1.165) is 18.7 Å². The van der Waals surface area contributed by atoms with Crippen LogP contribution in [0.15, 0.2) is 0 Å². The average Bonchev–Trinajstić information content (AvgIpc) is 2.69. The summed E-state index contributed by atoms with van der Waals surface area (Å²) in [7, 11) is -3.17. The lowest BCUT2D eigenvalue weighted by molar-refractivity contribution is 0.189. The maximum Gasteiger partial charge on any atom is 0.157 e. The number of rotatable bonds is 3. The third-order valence-electron chi connectivity index (χ3n) is 3.34. The van der Waals surface area contributed by atoms with Crippen LogP contribution in [0.1, 0.15) is 30.2 Å². The predicted octanol–water partition coefficient (Wildman–Crippen LogP) is -0.0616. The van der Waals surface area contributed by atoms with Gasteiger partial charge in [0, 0.05) is 31.7 Å². The van der Waals surface area contributed by atoms with E-state index in [0.29, 0.717) is 12.4 Å². The number of aromatic nitrogens is 3. The van der Waals surface area contributed by atoms with Gasteiger partial charge in [-0.15, -0.1) is 10.2 Å². The summed E-state index contributed by atoms with van der Waals surface area (Å²) < 4.78 is 24.9. The number of nitrogens with zero attached hydrogens (tertiary/aromatic N) is 3. The highest BCUT2D eigenvalue weighted by atomic mass is 32.2. The SMILES string of the molecule is CC(c1nnc2n1CC(CO)CC2)S(C)(=O)=O. The number of aryl methyl sites for hydroxylation is 1. The van der Waals surface area contributed by atoms with Gasteiger partial charge in [0.25, 0.3) is 0 Å². The van der Waals surface area contributed by atoms with E-state index in [1.807, 2.05) is 4.57 Å². The summed E-state index contributed by atoms with van der Waals surface area (Å²) >= 11 is 0. The monoisotopic (exact) mass is 259 g/mol. The molecule has 0 radical (unpaired) electrons. The van der Waals surface area contributed by atoms with Crippen molar-refractivity contribution < 1.29 is 13.5 Å². The summed E-state index contributed by atoms with van der Waals surface area (Å²) in [5.41, 5.74) is 0. The number of hydrogen-bond acceptors (Lipinski definition) is 5. The Labute approximate surface area is 101 Å². The topological polar surface area (TPSA) is 85.1 Å². The molecule has 0 saturated heterocycles. The second kappa shape index (κ2) is 4.38. The summed E-state index contributed by atoms with van der Waals surface area (Å²) in [6.07, 6.45) is 2.82. The van der Waals surface area contributed by atoms with Crippen molar-refractivity contribution in [2.24, 2.45) is 5.92 Å². The van der Waals surface area contributed by atoms with E-state index in [-0.39, 0.29) is 12.5 Å². The molecule has 0 amide bonds. The molecule has 1 aliphatic heterocycles. The zero-order valence-corrected chi connectivity index (χ0v) is 10.8. The van der Waals surface area contributed by atoms with E-state index >= 15 is 0 Å². The van der Waals surface area contributed by atoms with E-state index in [1.54, 1.807) is 6.92 Å². The summed E-state index contributed by atoms with van der Waals surface area (Å²) in [6, 6.07) is 0. The maximum atomic E-state index is 11.5. The van der Waals surface area contributed by atoms with Gasteiger partial charge in [-0.25, -0.2) is 8.42 Å². The molecule has 0 fully saturated rings. The molecule has 2 unspecified atom stereocenters. The molecule has 1 aromatic heterocycles. The van der Waals surface area contributed by atoms with Crippen LogP contribution in [0, 0.1) is 5.92 Å². The van der Waals surface area contributed by atoms with Gasteiger partial charge in [-0.05, 0) is 13.3 Å². The van der Waals surface area contributed by atoms with Gasteiger partial charge >= 0.3 is 0 Å². The quantitative estimate of drug-likeness (QED) is 0.822. The number of fused-ring (bicyclic) bond motifs is 1. The first kappa shape index (κ1) is 12.5. The van der Waals surface area contributed by atoms with Gasteiger partial charge < -0.3 is 9.67 Å². The highest BCUT2D eigenvalue weighted by molar-refractivity contribution is 7.90. The van der Waals surface area contributed by atoms with Crippen LogP contribution in [0.5, 0.6) is 0 Å². The molecule has 7 heteroatoms. The van der Waals surface area contributed by atoms with Crippen molar-refractivity contribution in [3.8, 4) is 0 Å². The van der Waals surface area contributed by atoms with Crippen LogP contribution in [0.3, 0.4) is 0 Å². The molecule has 17 heavy (non-hydrogen) atoms. The van der Waals surface area contributed by atoms with E-state index in [4.69, 9.17) is 0 Å². The molecule has 1 aromatic rings. The Bertz CT molecular complexity index is 509. The summed E-state index contributed by atoms with van der Waals surface area (Å²) in [6.45, 7) is 2.34. The van der Waals surface area contributed by atoms with E-state index in [2.05, 4.69) is 10.2 Å². The Balaban J connectivity index is 2.36. The van der Waals surface area contributed by atoms with Crippen molar-refractivity contribution in [1.82, 2.24) is 14.8 Å². The van der Waals surface area contributed by atoms with E-state index in [1.165, 1.54) is 6.26 Å². The Kier molecular flexibility index (Phi) is 3.22. The zero-order valence-electron chi connectivity index (χ0n) is 10.00. The fraction of sp³-hybridized carbons (Fsp3) is 0.800. The molecule has 0 bridgehead atoms. The smallest absolute Gasteiger partial charge is 0.157 e. The normalized spacial score (nSPS) is 22.2. The molecule has 0 spiro atoms. The molecule has 0 aromatic carbocycles. The minimum Gasteiger partial charge on any atom is -0.396 e. The first-order valence-corrected chi connectivity index (χ1v) is 7.60. The van der Waals surface area contributed by atoms with Crippen molar-refractivity contribution >= 4 is 9.84 Å². The van der Waals surface area contributed by atoms with Gasteiger partial charge in [0.2, 0.25) is 0 Å². The largest absolute Gasteiger partial charge is 0.396 e. The minimum atomic E-state index is -3.17. The fourth-order valence-corrected chi connectivity index (χ4v) is 2.61. The molecule has 1 N–H and O–H groups in total. The van der Waals surface area contributed by atoms with Crippen LogP contribution < -0.4 is 0 Å². The van der Waals surface area contributed by atoms with Crippen molar-refractivity contribution in [2.45, 2.75) is 31.6 Å². The number of aliphatic hydroxyl groups excluding tert-OH is 1. The second-order valence-electron chi connectivity index (χ2n) is 4.64. The van der Waals surface area contributed by atoms with E-state index in [9.17, 15) is 13.5 Å². The van der Waals surface area contributed by atoms with Crippen LogP contribution in [-0.2, 0) is 22.8 Å². The summed E-state index contributed by atoms with van der Waals surface area (Å²) in [5.74, 6) is 1.48. The molecule has 96 valence electrons. The van der Waals surface area contributed by atoms with Crippen molar-refractivity contribution in [1.29, 1.82) is 0 Å². The first-order chi connectivity index (χ1) is 7.93. The lowest BCUT2D eigenvalue weighted by Crippen LogP contribution is -2.25. The molecule has 1 aliphatic rings. The Morgan fingerprint density at radius 1 is 1.53 bits per heavy atom. The van der Waals surface area contributed by atoms with Gasteiger partial charge in [-0.2, -0.15) is 0 Å². The molecule has 0 saturated carbocycles. The average molecular weight is 259 g/mol. The van der Waals surface area contributed by atoms with E-state index < -0.39 is 15.1 Å². The van der Waals surface area contributed by atoms with Gasteiger partial charge in [0.15, 0.2) is 15.7 Å². The highest BCUT2D eigenvalue weighted by Gasteiger charge is 2.28. The van der Waals surface area contributed by atoms with Gasteiger partial charge in [0.1, 0.15) is 11.1 Å². The Hall–Kier alpha value is -0.950. The third kappa shape index (κ3) is 2.35. The van der Waals surface area contributed by atoms with Crippen LogP contribution in [0.25, 0.3) is 0 Å². The molecule has 0 aliphatic carbocycles. The fourth-order valence-electron chi connectivity index (χ4n) is 2.06. The van der Waals surface area contributed by atoms with Gasteiger partial charge in [-0.1, -0.05) is 0 Å². The van der Waals surface area contributed by atoms with Crippen molar-refractivity contribution in [2.75, 3.05) is 12.9 Å². The van der Waals surface area contributed by atoms with Crippen molar-refractivity contribution in [3.63, 3.8) is 0 Å². The minimum absolute atomic E-state index is 0.115. The maximum absolute atomic E-state index is 11.5. The van der Waals surface area contributed by atoms with Crippen LogP contribution in [0.2, 0.25) is 0 Å². The number of sulfone groups is 1. The van der Waals surface area contributed by atoms with Crippen LogP contribution in [-0.4, -0.2) is 41.2 Å². The van der Waals surface area contributed by atoms with Crippen molar-refractivity contribution in [3.05, 3.63) is 11.6 Å². The lowest BCUT2D eigenvalue weighted by atomic mass is 10.0. The molecule has 2 heterocycles. The zero-order chi connectivity index (χ0) is 12.6. The Morgan fingerprint density at radius 2 is 2.24 bits per heavy atom. The lowest BCUT2D eigenvalue weighted by Gasteiger charge is -2.23. The molecular weight excluding hydrogens is 242 g/mol. The number of hydrogen-bond donors (Lipinski definition) is 1. The molecule has 2 atom stereocenters. The van der Waals surface area contributed by atoms with Crippen LogP contribution >= 0.6 is 0 Å². The summed E-state index contributed by atoms with van der Waals surface area (Å²) in [5, 5.41) is 16.5.